The van der Waals surface area contributed by atoms with Crippen LogP contribution in [0.2, 0.25) is 0 Å². The molecule has 0 spiro atoms. The zero-order valence-electron chi connectivity index (χ0n) is 18.3. The number of nitrogens with two attached hydrogens (primary N) is 1. The van der Waals surface area contributed by atoms with Crippen molar-refractivity contribution in [2.75, 3.05) is 17.3 Å². The highest BCUT2D eigenvalue weighted by atomic mass is 16.2. The quantitative estimate of drug-likeness (QED) is 0.613. The summed E-state index contributed by atoms with van der Waals surface area (Å²) < 4.78 is 1.87. The fourth-order valence-corrected chi connectivity index (χ4v) is 3.27. The van der Waals surface area contributed by atoms with Gasteiger partial charge in [-0.15, -0.1) is 0 Å². The van der Waals surface area contributed by atoms with Crippen LogP contribution in [0.25, 0.3) is 0 Å². The van der Waals surface area contributed by atoms with Crippen molar-refractivity contribution >= 4 is 40.5 Å². The van der Waals surface area contributed by atoms with Gasteiger partial charge in [0.15, 0.2) is 6.20 Å². The molecule has 0 radical (unpaired) electrons. The number of nitrogens with one attached hydrogen (secondary N) is 2. The fourth-order valence-electron chi connectivity index (χ4n) is 3.27. The van der Waals surface area contributed by atoms with E-state index in [-0.39, 0.29) is 11.8 Å². The summed E-state index contributed by atoms with van der Waals surface area (Å²) in [7, 11) is 3.60. The van der Waals surface area contributed by atoms with Crippen LogP contribution in [0.4, 0.5) is 17.1 Å². The standard InChI is InChI=1S/C22H26N6O3/c1-12-11-15(25-21(30)14(3)24-20(29)13(2)23)8-9-16(12)26-18-19-17(28(5)22(18)31)7-6-10-27(19)4/h6-11,13-14H,23H2,1-5H3,(H,24,29)/p+1/t13-,14-/m0/s1. The third-order valence-corrected chi connectivity index (χ3v) is 5.11. The van der Waals surface area contributed by atoms with Crippen LogP contribution in [0, 0.1) is 6.92 Å². The summed E-state index contributed by atoms with van der Waals surface area (Å²) in [4.78, 5) is 43.0. The van der Waals surface area contributed by atoms with Crippen molar-refractivity contribution in [2.24, 2.45) is 17.8 Å². The van der Waals surface area contributed by atoms with Crippen molar-refractivity contribution < 1.29 is 19.0 Å². The Bertz CT molecular complexity index is 1090. The van der Waals surface area contributed by atoms with Crippen molar-refractivity contribution in [3.63, 3.8) is 0 Å². The van der Waals surface area contributed by atoms with Gasteiger partial charge in [0.05, 0.1) is 11.7 Å². The van der Waals surface area contributed by atoms with Crippen LogP contribution >= 0.6 is 0 Å². The molecule has 31 heavy (non-hydrogen) atoms. The Kier molecular flexibility index (Phi) is 6.16. The molecule has 1 aromatic heterocycles. The van der Waals surface area contributed by atoms with E-state index < -0.39 is 18.0 Å². The molecule has 0 aliphatic carbocycles. The number of anilines is 2. The summed E-state index contributed by atoms with van der Waals surface area (Å²) in [5.41, 5.74) is 9.43. The van der Waals surface area contributed by atoms with Gasteiger partial charge in [0.2, 0.25) is 17.5 Å². The number of hydrogen-bond donors (Lipinski definition) is 3. The normalized spacial score (nSPS) is 16.1. The maximum absolute atomic E-state index is 12.7. The predicted octanol–water partition coefficient (Wildman–Crippen LogP) is 0.707. The van der Waals surface area contributed by atoms with Crippen LogP contribution in [-0.4, -0.2) is 42.6 Å². The molecule has 0 saturated carbocycles. The van der Waals surface area contributed by atoms with Crippen molar-refractivity contribution in [1.82, 2.24) is 5.32 Å². The Morgan fingerprint density at radius 3 is 2.55 bits per heavy atom. The van der Waals surface area contributed by atoms with Crippen molar-refractivity contribution in [3.8, 4) is 0 Å². The number of rotatable bonds is 5. The topological polar surface area (TPSA) is 121 Å². The van der Waals surface area contributed by atoms with Gasteiger partial charge in [-0.1, -0.05) is 0 Å². The molecule has 1 aliphatic heterocycles. The number of carbonyl (C=O) groups excluding carboxylic acids is 3. The summed E-state index contributed by atoms with van der Waals surface area (Å²) in [6.45, 7) is 4.99. The molecule has 2 heterocycles. The van der Waals surface area contributed by atoms with E-state index in [2.05, 4.69) is 15.6 Å². The van der Waals surface area contributed by atoms with E-state index in [1.165, 1.54) is 0 Å². The van der Waals surface area contributed by atoms with E-state index in [0.717, 1.165) is 16.9 Å². The summed E-state index contributed by atoms with van der Waals surface area (Å²) >= 11 is 0. The highest BCUT2D eigenvalue weighted by molar-refractivity contribution is 6.53. The van der Waals surface area contributed by atoms with Crippen molar-refractivity contribution in [3.05, 3.63) is 47.8 Å². The van der Waals surface area contributed by atoms with Gasteiger partial charge < -0.3 is 21.3 Å². The van der Waals surface area contributed by atoms with E-state index >= 15 is 0 Å². The first-order valence-corrected chi connectivity index (χ1v) is 9.93. The molecule has 0 bridgehead atoms. The van der Waals surface area contributed by atoms with Gasteiger partial charge in [-0.25, -0.2) is 4.99 Å². The molecule has 0 saturated heterocycles. The lowest BCUT2D eigenvalue weighted by Gasteiger charge is -2.16. The third-order valence-electron chi connectivity index (χ3n) is 5.11. The van der Waals surface area contributed by atoms with Crippen LogP contribution in [0.15, 0.2) is 41.5 Å². The number of likely N-dealkylation sites (N-methyl/N-ethyl adjacent to an activating group) is 1. The average Bonchev–Trinajstić information content (AvgIpc) is 2.95. The summed E-state index contributed by atoms with van der Waals surface area (Å²) in [6.07, 6.45) is 1.87. The minimum absolute atomic E-state index is 0.174. The van der Waals surface area contributed by atoms with E-state index in [1.54, 1.807) is 44.0 Å². The number of pyridine rings is 1. The third kappa shape index (κ3) is 4.46. The second-order valence-corrected chi connectivity index (χ2v) is 7.69. The van der Waals surface area contributed by atoms with Gasteiger partial charge in [-0.2, -0.15) is 4.57 Å². The fraction of sp³-hybridized carbons (Fsp3) is 0.318. The number of hydrogen-bond acceptors (Lipinski definition) is 5. The zero-order chi connectivity index (χ0) is 22.9. The first-order chi connectivity index (χ1) is 14.6. The lowest BCUT2D eigenvalue weighted by Crippen LogP contribution is -2.47. The number of benzene rings is 1. The molecule has 0 fully saturated rings. The van der Waals surface area contributed by atoms with Crippen LogP contribution in [0.1, 0.15) is 25.1 Å². The highest BCUT2D eigenvalue weighted by Crippen LogP contribution is 2.29. The Morgan fingerprint density at radius 2 is 1.90 bits per heavy atom. The Morgan fingerprint density at radius 1 is 1.19 bits per heavy atom. The van der Waals surface area contributed by atoms with Gasteiger partial charge in [-0.05, 0) is 50.6 Å². The first-order valence-electron chi connectivity index (χ1n) is 9.93. The summed E-state index contributed by atoms with van der Waals surface area (Å²) in [5.74, 6) is -0.932. The molecule has 9 heteroatoms. The molecule has 4 N–H and O–H groups in total. The van der Waals surface area contributed by atoms with Gasteiger partial charge in [0, 0.05) is 18.8 Å². The number of aryl methyl sites for hydroxylation is 2. The van der Waals surface area contributed by atoms with Crippen LogP contribution < -0.4 is 25.8 Å². The first kappa shape index (κ1) is 22.1. The molecule has 2 atom stereocenters. The van der Waals surface area contributed by atoms with Crippen molar-refractivity contribution in [1.29, 1.82) is 0 Å². The Balaban J connectivity index is 1.82. The minimum Gasteiger partial charge on any atom is -0.343 e. The average molecular weight is 423 g/mol. The number of carbonyl (C=O) groups is 3. The van der Waals surface area contributed by atoms with Crippen molar-refractivity contribution in [2.45, 2.75) is 32.9 Å². The van der Waals surface area contributed by atoms with Gasteiger partial charge in [-0.3, -0.25) is 14.4 Å². The monoisotopic (exact) mass is 423 g/mol. The zero-order valence-corrected chi connectivity index (χ0v) is 18.3. The molecular weight excluding hydrogens is 396 g/mol. The molecule has 162 valence electrons. The smallest absolute Gasteiger partial charge is 0.283 e. The van der Waals surface area contributed by atoms with Crippen LogP contribution in [0.3, 0.4) is 0 Å². The molecule has 3 amide bonds. The van der Waals surface area contributed by atoms with E-state index in [9.17, 15) is 14.4 Å². The summed E-state index contributed by atoms with van der Waals surface area (Å²) in [6, 6.07) is 7.56. The van der Waals surface area contributed by atoms with E-state index in [0.29, 0.717) is 17.1 Å². The molecule has 1 aliphatic rings. The number of amides is 3. The number of aliphatic imine (C=N–C) groups is 1. The van der Waals surface area contributed by atoms with Gasteiger partial charge in [0.25, 0.3) is 11.6 Å². The second-order valence-electron chi connectivity index (χ2n) is 7.69. The maximum Gasteiger partial charge on any atom is 0.283 e. The minimum atomic E-state index is -0.734. The molecular formula is C22H27N6O3+. The number of nitrogens with zero attached hydrogens (tertiary/aromatic N) is 3. The lowest BCUT2D eigenvalue weighted by molar-refractivity contribution is -0.671. The molecule has 3 rings (SSSR count). The highest BCUT2D eigenvalue weighted by Gasteiger charge is 2.38. The largest absolute Gasteiger partial charge is 0.343 e. The van der Waals surface area contributed by atoms with Gasteiger partial charge >= 0.3 is 0 Å². The molecule has 9 nitrogen and oxygen atoms in total. The number of aromatic nitrogens is 1. The Hall–Kier alpha value is -3.59. The molecule has 0 unspecified atom stereocenters. The summed E-state index contributed by atoms with van der Waals surface area (Å²) in [5, 5.41) is 5.32. The number of fused-ring (bicyclic) bond motifs is 1. The van der Waals surface area contributed by atoms with E-state index in [4.69, 9.17) is 5.73 Å². The van der Waals surface area contributed by atoms with Crippen LogP contribution in [0.5, 0.6) is 0 Å². The van der Waals surface area contributed by atoms with Crippen LogP contribution in [-0.2, 0) is 21.4 Å². The Labute approximate surface area is 181 Å². The second kappa shape index (κ2) is 8.65. The predicted molar refractivity (Wildman–Crippen MR) is 118 cm³/mol. The van der Waals surface area contributed by atoms with E-state index in [1.807, 2.05) is 36.9 Å². The SMILES string of the molecule is Cc1cc(NC(=O)[C@H](C)NC(=O)[C@H](C)N)ccc1N=C1C(=O)N(C)c2ccc[n+](C)c21. The lowest BCUT2D eigenvalue weighted by atomic mass is 10.1. The molecule has 2 aromatic rings. The van der Waals surface area contributed by atoms with Gasteiger partial charge in [0.1, 0.15) is 18.8 Å². The maximum atomic E-state index is 12.7. The molecule has 1 aromatic carbocycles.